The topological polar surface area (TPSA) is 90.2 Å². The Bertz CT molecular complexity index is 1220. The first-order valence-corrected chi connectivity index (χ1v) is 11.5. The first kappa shape index (κ1) is 21.6. The van der Waals surface area contributed by atoms with Crippen LogP contribution in [0.15, 0.2) is 30.5 Å². The molecule has 0 saturated carbocycles. The van der Waals surface area contributed by atoms with Gasteiger partial charge in [-0.3, -0.25) is 4.90 Å². The van der Waals surface area contributed by atoms with E-state index in [1.54, 1.807) is 0 Å². The molecule has 4 heterocycles. The summed E-state index contributed by atoms with van der Waals surface area (Å²) in [6.45, 7) is 11.5. The summed E-state index contributed by atoms with van der Waals surface area (Å²) in [6.07, 6.45) is 1.91. The van der Waals surface area contributed by atoms with Gasteiger partial charge in [0.15, 0.2) is 5.82 Å². The van der Waals surface area contributed by atoms with Crippen molar-refractivity contribution in [2.75, 3.05) is 49.6 Å². The number of rotatable bonds is 4. The predicted molar refractivity (Wildman–Crippen MR) is 128 cm³/mol. The largest absolute Gasteiger partial charge is 0.378 e. The second kappa shape index (κ2) is 8.93. The summed E-state index contributed by atoms with van der Waals surface area (Å²) in [4.78, 5) is 9.64. The van der Waals surface area contributed by atoms with Gasteiger partial charge in [0.05, 0.1) is 42.6 Å². The van der Waals surface area contributed by atoms with Crippen LogP contribution in [0.2, 0.25) is 0 Å². The number of aryl methyl sites for hydroxylation is 1. The fourth-order valence-corrected chi connectivity index (χ4v) is 4.92. The van der Waals surface area contributed by atoms with Gasteiger partial charge >= 0.3 is 0 Å². The zero-order valence-corrected chi connectivity index (χ0v) is 19.4. The standard InChI is InChI=1S/C25H29N7O/c1-16-19(12-26)5-4-6-21(16)17(2)28-25-22-11-24(27-13-23(22)18(3)29-30-25)32-8-7-31-9-10-33-15-20(31)14-32/h4-6,11,13,17,20H,7-10,14-15H2,1-3H3,(H,28,30)/t17?,20-/m0/s1. The van der Waals surface area contributed by atoms with Crippen molar-refractivity contribution < 1.29 is 4.74 Å². The molecular formula is C25H29N7O. The maximum Gasteiger partial charge on any atom is 0.157 e. The Morgan fingerprint density at radius 2 is 2.06 bits per heavy atom. The van der Waals surface area contributed by atoms with Crippen LogP contribution in [0.25, 0.3) is 10.8 Å². The SMILES string of the molecule is Cc1c(C#N)cccc1C(C)Nc1nnc(C)c2cnc(N3CCN4CCOC[C@@H]4C3)cc12. The Hall–Kier alpha value is -3.28. The Morgan fingerprint density at radius 3 is 2.91 bits per heavy atom. The van der Waals surface area contributed by atoms with Gasteiger partial charge in [0, 0.05) is 43.1 Å². The average Bonchev–Trinajstić information content (AvgIpc) is 2.85. The molecule has 0 amide bonds. The van der Waals surface area contributed by atoms with E-state index in [4.69, 9.17) is 9.72 Å². The van der Waals surface area contributed by atoms with Crippen molar-refractivity contribution in [3.8, 4) is 6.07 Å². The van der Waals surface area contributed by atoms with E-state index in [9.17, 15) is 5.26 Å². The number of morpholine rings is 1. The number of ether oxygens (including phenoxy) is 1. The summed E-state index contributed by atoms with van der Waals surface area (Å²) >= 11 is 0. The second-order valence-electron chi connectivity index (χ2n) is 8.93. The smallest absolute Gasteiger partial charge is 0.157 e. The zero-order valence-electron chi connectivity index (χ0n) is 19.4. The number of fused-ring (bicyclic) bond motifs is 2. The molecule has 2 aliphatic heterocycles. The molecule has 3 aromatic rings. The predicted octanol–water partition coefficient (Wildman–Crippen LogP) is 3.21. The minimum Gasteiger partial charge on any atom is -0.378 e. The molecule has 5 rings (SSSR count). The summed E-state index contributed by atoms with van der Waals surface area (Å²) in [5.41, 5.74) is 3.61. The van der Waals surface area contributed by atoms with Crippen molar-refractivity contribution in [3.05, 3.63) is 52.8 Å². The van der Waals surface area contributed by atoms with Gasteiger partial charge in [-0.1, -0.05) is 12.1 Å². The van der Waals surface area contributed by atoms with Crippen molar-refractivity contribution in [2.45, 2.75) is 32.9 Å². The number of pyridine rings is 1. The van der Waals surface area contributed by atoms with Gasteiger partial charge in [0.25, 0.3) is 0 Å². The van der Waals surface area contributed by atoms with Crippen molar-refractivity contribution in [3.63, 3.8) is 0 Å². The minimum absolute atomic E-state index is 0.0296. The number of nitrogens with one attached hydrogen (secondary N) is 1. The van der Waals surface area contributed by atoms with E-state index < -0.39 is 0 Å². The lowest BCUT2D eigenvalue weighted by Crippen LogP contribution is -2.58. The van der Waals surface area contributed by atoms with Gasteiger partial charge in [-0.2, -0.15) is 10.4 Å². The van der Waals surface area contributed by atoms with Gasteiger partial charge < -0.3 is 15.0 Å². The minimum atomic E-state index is -0.0296. The van der Waals surface area contributed by atoms with Crippen LogP contribution in [0.4, 0.5) is 11.6 Å². The third-order valence-corrected chi connectivity index (χ3v) is 6.91. The van der Waals surface area contributed by atoms with E-state index in [1.807, 2.05) is 32.2 Å². The highest BCUT2D eigenvalue weighted by atomic mass is 16.5. The summed E-state index contributed by atoms with van der Waals surface area (Å²) < 4.78 is 5.70. The van der Waals surface area contributed by atoms with E-state index >= 15 is 0 Å². The van der Waals surface area contributed by atoms with Crippen LogP contribution in [0.3, 0.4) is 0 Å². The molecule has 1 aromatic carbocycles. The van der Waals surface area contributed by atoms with Crippen molar-refractivity contribution >= 4 is 22.4 Å². The number of nitriles is 1. The lowest BCUT2D eigenvalue weighted by atomic mass is 9.98. The second-order valence-corrected chi connectivity index (χ2v) is 8.93. The highest BCUT2D eigenvalue weighted by Gasteiger charge is 2.30. The Morgan fingerprint density at radius 1 is 1.18 bits per heavy atom. The molecule has 170 valence electrons. The van der Waals surface area contributed by atoms with E-state index in [0.29, 0.717) is 11.6 Å². The number of benzene rings is 1. The van der Waals surface area contributed by atoms with Gasteiger partial charge in [-0.05, 0) is 44.0 Å². The van der Waals surface area contributed by atoms with Crippen molar-refractivity contribution in [2.24, 2.45) is 0 Å². The first-order chi connectivity index (χ1) is 16.0. The molecule has 2 aromatic heterocycles. The molecule has 0 radical (unpaired) electrons. The lowest BCUT2D eigenvalue weighted by molar-refractivity contribution is -0.0117. The van der Waals surface area contributed by atoms with E-state index in [1.165, 1.54) is 0 Å². The molecule has 0 bridgehead atoms. The van der Waals surface area contributed by atoms with Crippen LogP contribution in [0.1, 0.15) is 35.3 Å². The number of hydrogen-bond donors (Lipinski definition) is 1. The summed E-state index contributed by atoms with van der Waals surface area (Å²) in [5, 5.41) is 23.8. The number of aromatic nitrogens is 3. The zero-order chi connectivity index (χ0) is 22.9. The molecule has 2 aliphatic rings. The van der Waals surface area contributed by atoms with E-state index in [-0.39, 0.29) is 6.04 Å². The highest BCUT2D eigenvalue weighted by molar-refractivity contribution is 5.94. The van der Waals surface area contributed by atoms with Gasteiger partial charge in [-0.15, -0.1) is 5.10 Å². The molecule has 33 heavy (non-hydrogen) atoms. The van der Waals surface area contributed by atoms with E-state index in [2.05, 4.69) is 50.4 Å². The number of hydrogen-bond acceptors (Lipinski definition) is 8. The first-order valence-electron chi connectivity index (χ1n) is 11.5. The van der Waals surface area contributed by atoms with Gasteiger partial charge in [0.2, 0.25) is 0 Å². The van der Waals surface area contributed by atoms with Gasteiger partial charge in [0.1, 0.15) is 5.82 Å². The normalized spacial score (nSPS) is 19.7. The number of piperazine rings is 1. The number of nitrogens with zero attached hydrogens (tertiary/aromatic N) is 6. The van der Waals surface area contributed by atoms with Crippen LogP contribution >= 0.6 is 0 Å². The lowest BCUT2D eigenvalue weighted by Gasteiger charge is -2.44. The van der Waals surface area contributed by atoms with Crippen LogP contribution in [-0.4, -0.2) is 65.5 Å². The van der Waals surface area contributed by atoms with Crippen LogP contribution in [0, 0.1) is 25.2 Å². The summed E-state index contributed by atoms with van der Waals surface area (Å²) in [5.74, 6) is 1.69. The monoisotopic (exact) mass is 443 g/mol. The maximum absolute atomic E-state index is 9.40. The van der Waals surface area contributed by atoms with Crippen molar-refractivity contribution in [1.29, 1.82) is 5.26 Å². The molecule has 2 fully saturated rings. The van der Waals surface area contributed by atoms with Crippen molar-refractivity contribution in [1.82, 2.24) is 20.1 Å². The highest BCUT2D eigenvalue weighted by Crippen LogP contribution is 2.30. The molecular weight excluding hydrogens is 414 g/mol. The Kier molecular flexibility index (Phi) is 5.83. The molecule has 2 saturated heterocycles. The fraction of sp³-hybridized carbons (Fsp3) is 0.440. The quantitative estimate of drug-likeness (QED) is 0.657. The van der Waals surface area contributed by atoms with E-state index in [0.717, 1.165) is 78.6 Å². The van der Waals surface area contributed by atoms with Crippen LogP contribution < -0.4 is 10.2 Å². The summed E-state index contributed by atoms with van der Waals surface area (Å²) in [6, 6.07) is 10.6. The molecule has 2 atom stereocenters. The Balaban J connectivity index is 1.46. The number of anilines is 2. The summed E-state index contributed by atoms with van der Waals surface area (Å²) in [7, 11) is 0. The van der Waals surface area contributed by atoms with Crippen LogP contribution in [-0.2, 0) is 4.74 Å². The molecule has 0 spiro atoms. The molecule has 1 N–H and O–H groups in total. The molecule has 8 nitrogen and oxygen atoms in total. The fourth-order valence-electron chi connectivity index (χ4n) is 4.92. The molecule has 1 unspecified atom stereocenters. The third kappa shape index (κ3) is 4.10. The van der Waals surface area contributed by atoms with Crippen LogP contribution in [0.5, 0.6) is 0 Å². The molecule has 8 heteroatoms. The Labute approximate surface area is 194 Å². The molecule has 0 aliphatic carbocycles. The average molecular weight is 444 g/mol. The third-order valence-electron chi connectivity index (χ3n) is 6.91. The van der Waals surface area contributed by atoms with Gasteiger partial charge in [-0.25, -0.2) is 4.98 Å². The maximum atomic E-state index is 9.40.